The third kappa shape index (κ3) is 5.40. The molecule has 0 atom stereocenters. The van der Waals surface area contributed by atoms with E-state index in [-0.39, 0.29) is 19.1 Å². The third-order valence-corrected chi connectivity index (χ3v) is 4.53. The summed E-state index contributed by atoms with van der Waals surface area (Å²) >= 11 is 0. The first-order valence-corrected chi connectivity index (χ1v) is 9.74. The second kappa shape index (κ2) is 9.47. The van der Waals surface area contributed by atoms with Crippen molar-refractivity contribution in [1.82, 2.24) is 15.2 Å². The van der Waals surface area contributed by atoms with Gasteiger partial charge in [0.1, 0.15) is 18.9 Å². The molecule has 0 aliphatic heterocycles. The Kier molecular flexibility index (Phi) is 6.30. The molecule has 0 bridgehead atoms. The van der Waals surface area contributed by atoms with Gasteiger partial charge in [0.2, 0.25) is 0 Å². The number of rotatable bonds is 7. The van der Waals surface area contributed by atoms with Gasteiger partial charge in [-0.05, 0) is 23.3 Å². The minimum Gasteiger partial charge on any atom is -0.483 e. The number of benzene rings is 2. The molecule has 0 amide bonds. The van der Waals surface area contributed by atoms with Crippen LogP contribution in [0.5, 0.6) is 11.6 Å². The molecule has 0 aliphatic rings. The van der Waals surface area contributed by atoms with Crippen molar-refractivity contribution in [2.24, 2.45) is 0 Å². The topological polar surface area (TPSA) is 57.1 Å². The maximum atomic E-state index is 12.8. The lowest BCUT2D eigenvalue weighted by Crippen LogP contribution is -2.07. The number of hydrogen-bond acceptors (Lipinski definition) is 5. The van der Waals surface area contributed by atoms with Gasteiger partial charge < -0.3 is 9.47 Å². The molecular weight excluding hydrogens is 419 g/mol. The molecule has 0 saturated carbocycles. The molecule has 5 nitrogen and oxygen atoms in total. The van der Waals surface area contributed by atoms with Crippen LogP contribution in [-0.2, 0) is 19.4 Å². The fraction of sp³-hybridized carbons (Fsp3) is 0.125. The second-order valence-electron chi connectivity index (χ2n) is 6.88. The summed E-state index contributed by atoms with van der Waals surface area (Å²) in [5.41, 5.74) is 1.61. The lowest BCUT2D eigenvalue weighted by atomic mass is 10.2. The summed E-state index contributed by atoms with van der Waals surface area (Å²) in [6, 6.07) is 22.9. The Bertz CT molecular complexity index is 1150. The van der Waals surface area contributed by atoms with Crippen molar-refractivity contribution in [3.05, 3.63) is 102 Å². The molecule has 2 aromatic heterocycles. The summed E-state index contributed by atoms with van der Waals surface area (Å²) in [5.74, 6) is 0.517. The molecule has 4 aromatic rings. The maximum Gasteiger partial charge on any atom is 0.433 e. The Morgan fingerprint density at radius 3 is 1.91 bits per heavy atom. The molecule has 0 aliphatic carbocycles. The fourth-order valence-electron chi connectivity index (χ4n) is 2.88. The number of alkyl halides is 3. The maximum absolute atomic E-state index is 12.8. The molecule has 0 radical (unpaired) electrons. The average molecular weight is 437 g/mol. The Labute approximate surface area is 182 Å². The first-order chi connectivity index (χ1) is 15.5. The van der Waals surface area contributed by atoms with E-state index >= 15 is 0 Å². The lowest BCUT2D eigenvalue weighted by molar-refractivity contribution is -0.141. The van der Waals surface area contributed by atoms with E-state index in [0.29, 0.717) is 17.0 Å². The molecule has 0 fully saturated rings. The van der Waals surface area contributed by atoms with E-state index in [4.69, 9.17) is 9.47 Å². The number of halogens is 3. The normalized spacial score (nSPS) is 11.2. The van der Waals surface area contributed by atoms with Gasteiger partial charge in [-0.15, -0.1) is 10.2 Å². The summed E-state index contributed by atoms with van der Waals surface area (Å²) in [4.78, 5) is 3.48. The van der Waals surface area contributed by atoms with Crippen molar-refractivity contribution < 1.29 is 22.6 Å². The SMILES string of the molecule is FC(F)(F)c1ccc(-c2cc(OCc3ccccc3)c(OCc3ccccc3)nn2)cn1. The van der Waals surface area contributed by atoms with Crippen LogP contribution in [-0.4, -0.2) is 15.2 Å². The average Bonchev–Trinajstić information content (AvgIpc) is 2.82. The van der Waals surface area contributed by atoms with Gasteiger partial charge in [0.05, 0.1) is 5.69 Å². The van der Waals surface area contributed by atoms with Crippen LogP contribution in [0.25, 0.3) is 11.3 Å². The van der Waals surface area contributed by atoms with Crippen LogP contribution in [0, 0.1) is 0 Å². The van der Waals surface area contributed by atoms with Crippen LogP contribution in [0.15, 0.2) is 85.1 Å². The zero-order chi connectivity index (χ0) is 22.4. The molecule has 2 heterocycles. The smallest absolute Gasteiger partial charge is 0.433 e. The fourth-order valence-corrected chi connectivity index (χ4v) is 2.88. The van der Waals surface area contributed by atoms with Crippen LogP contribution < -0.4 is 9.47 Å². The van der Waals surface area contributed by atoms with Gasteiger partial charge >= 0.3 is 6.18 Å². The highest BCUT2D eigenvalue weighted by Gasteiger charge is 2.32. The second-order valence-corrected chi connectivity index (χ2v) is 6.88. The quantitative estimate of drug-likeness (QED) is 0.370. The number of aromatic nitrogens is 3. The molecule has 32 heavy (non-hydrogen) atoms. The zero-order valence-electron chi connectivity index (χ0n) is 16.8. The van der Waals surface area contributed by atoms with Gasteiger partial charge in [-0.3, -0.25) is 4.98 Å². The first kappa shape index (κ1) is 21.3. The summed E-state index contributed by atoms with van der Waals surface area (Å²) in [5, 5.41) is 8.20. The van der Waals surface area contributed by atoms with Crippen LogP contribution in [0.4, 0.5) is 13.2 Å². The van der Waals surface area contributed by atoms with Gasteiger partial charge in [-0.25, -0.2) is 0 Å². The van der Waals surface area contributed by atoms with E-state index in [2.05, 4.69) is 15.2 Å². The molecule has 8 heteroatoms. The molecule has 0 saturated heterocycles. The highest BCUT2D eigenvalue weighted by Crippen LogP contribution is 2.32. The predicted octanol–water partition coefficient (Wildman–Crippen LogP) is 5.72. The molecule has 4 rings (SSSR count). The summed E-state index contributed by atoms with van der Waals surface area (Å²) in [6.45, 7) is 0.525. The third-order valence-electron chi connectivity index (χ3n) is 4.53. The van der Waals surface area contributed by atoms with Crippen LogP contribution in [0.3, 0.4) is 0 Å². The van der Waals surface area contributed by atoms with Crippen molar-refractivity contribution >= 4 is 0 Å². The summed E-state index contributed by atoms with van der Waals surface area (Å²) in [7, 11) is 0. The van der Waals surface area contributed by atoms with Crippen LogP contribution in [0.2, 0.25) is 0 Å². The summed E-state index contributed by atoms with van der Waals surface area (Å²) < 4.78 is 50.1. The Balaban J connectivity index is 1.59. The molecule has 0 N–H and O–H groups in total. The number of nitrogens with zero attached hydrogens (tertiary/aromatic N) is 3. The van der Waals surface area contributed by atoms with Gasteiger partial charge in [0, 0.05) is 17.8 Å². The Hall–Kier alpha value is -3.94. The first-order valence-electron chi connectivity index (χ1n) is 9.74. The van der Waals surface area contributed by atoms with Gasteiger partial charge in [-0.1, -0.05) is 60.7 Å². The molecular formula is C24H18F3N3O2. The monoisotopic (exact) mass is 437 g/mol. The molecule has 2 aromatic carbocycles. The van der Waals surface area contributed by atoms with E-state index in [1.54, 1.807) is 6.07 Å². The minimum absolute atomic E-state index is 0.188. The number of ether oxygens (including phenoxy) is 2. The minimum atomic E-state index is -4.51. The van der Waals surface area contributed by atoms with Crippen molar-refractivity contribution in [3.8, 4) is 22.9 Å². The Morgan fingerprint density at radius 1 is 0.719 bits per heavy atom. The van der Waals surface area contributed by atoms with Gasteiger partial charge in [-0.2, -0.15) is 13.2 Å². The number of hydrogen-bond donors (Lipinski definition) is 0. The van der Waals surface area contributed by atoms with E-state index < -0.39 is 11.9 Å². The van der Waals surface area contributed by atoms with Gasteiger partial charge in [0.25, 0.3) is 5.88 Å². The Morgan fingerprint density at radius 2 is 1.34 bits per heavy atom. The van der Waals surface area contributed by atoms with Gasteiger partial charge in [0.15, 0.2) is 5.75 Å². The van der Waals surface area contributed by atoms with Crippen molar-refractivity contribution in [1.29, 1.82) is 0 Å². The molecule has 162 valence electrons. The van der Waals surface area contributed by atoms with E-state index in [0.717, 1.165) is 23.4 Å². The van der Waals surface area contributed by atoms with Crippen molar-refractivity contribution in [2.45, 2.75) is 19.4 Å². The largest absolute Gasteiger partial charge is 0.483 e. The van der Waals surface area contributed by atoms with E-state index in [1.807, 2.05) is 60.7 Å². The van der Waals surface area contributed by atoms with Crippen LogP contribution >= 0.6 is 0 Å². The van der Waals surface area contributed by atoms with Crippen molar-refractivity contribution in [3.63, 3.8) is 0 Å². The lowest BCUT2D eigenvalue weighted by Gasteiger charge is -2.13. The van der Waals surface area contributed by atoms with E-state index in [1.165, 1.54) is 6.07 Å². The van der Waals surface area contributed by atoms with Crippen LogP contribution in [0.1, 0.15) is 16.8 Å². The number of pyridine rings is 1. The highest BCUT2D eigenvalue weighted by atomic mass is 19.4. The standard InChI is InChI=1S/C24H18F3N3O2/c25-24(26,27)22-12-11-19(14-28-22)20-13-21(31-15-17-7-3-1-4-8-17)23(30-29-20)32-16-18-9-5-2-6-10-18/h1-14H,15-16H2. The molecule has 0 spiro atoms. The van der Waals surface area contributed by atoms with E-state index in [9.17, 15) is 13.2 Å². The zero-order valence-corrected chi connectivity index (χ0v) is 16.8. The highest BCUT2D eigenvalue weighted by molar-refractivity contribution is 5.60. The molecule has 0 unspecified atom stereocenters. The summed E-state index contributed by atoms with van der Waals surface area (Å²) in [6.07, 6.45) is -3.40. The predicted molar refractivity (Wildman–Crippen MR) is 112 cm³/mol. The van der Waals surface area contributed by atoms with Crippen molar-refractivity contribution in [2.75, 3.05) is 0 Å².